The van der Waals surface area contributed by atoms with Gasteiger partial charge in [-0.3, -0.25) is 4.79 Å². The number of hydrogen-bond acceptors (Lipinski definition) is 6. The minimum Gasteiger partial charge on any atom is -0.450 e. The van der Waals surface area contributed by atoms with E-state index in [0.29, 0.717) is 37.8 Å². The highest BCUT2D eigenvalue weighted by atomic mass is 16.6. The number of aromatic nitrogens is 2. The summed E-state index contributed by atoms with van der Waals surface area (Å²) < 4.78 is 5.00. The SMILES string of the molecule is CCCNC(=O)c1ccc(NC2CCN(C(=O)OCC)CC2)nn1. The van der Waals surface area contributed by atoms with Crippen LogP contribution in [0.15, 0.2) is 12.1 Å². The molecule has 0 saturated carbocycles. The van der Waals surface area contributed by atoms with Crippen LogP contribution >= 0.6 is 0 Å². The molecule has 1 fully saturated rings. The topological polar surface area (TPSA) is 96.5 Å². The summed E-state index contributed by atoms with van der Waals surface area (Å²) in [6.45, 7) is 6.12. The summed E-state index contributed by atoms with van der Waals surface area (Å²) in [5.74, 6) is 0.426. The number of carbonyl (C=O) groups is 2. The van der Waals surface area contributed by atoms with E-state index in [-0.39, 0.29) is 18.0 Å². The van der Waals surface area contributed by atoms with Crippen LogP contribution in [0.5, 0.6) is 0 Å². The molecule has 8 nitrogen and oxygen atoms in total. The predicted molar refractivity (Wildman–Crippen MR) is 89.9 cm³/mol. The van der Waals surface area contributed by atoms with E-state index >= 15 is 0 Å². The van der Waals surface area contributed by atoms with E-state index in [1.54, 1.807) is 24.0 Å². The van der Waals surface area contributed by atoms with Gasteiger partial charge in [0.15, 0.2) is 5.69 Å². The van der Waals surface area contributed by atoms with E-state index < -0.39 is 0 Å². The minimum absolute atomic E-state index is 0.210. The number of ether oxygens (including phenoxy) is 1. The maximum absolute atomic E-state index is 11.8. The summed E-state index contributed by atoms with van der Waals surface area (Å²) in [4.78, 5) is 25.2. The molecule has 0 aromatic carbocycles. The molecule has 132 valence electrons. The third-order valence-electron chi connectivity index (χ3n) is 3.81. The second-order valence-electron chi connectivity index (χ2n) is 5.66. The molecule has 1 aliphatic heterocycles. The van der Waals surface area contributed by atoms with Crippen LogP contribution in [0.1, 0.15) is 43.6 Å². The maximum Gasteiger partial charge on any atom is 0.409 e. The fraction of sp³-hybridized carbons (Fsp3) is 0.625. The van der Waals surface area contributed by atoms with Crippen LogP contribution < -0.4 is 10.6 Å². The average molecular weight is 335 g/mol. The monoisotopic (exact) mass is 335 g/mol. The molecule has 2 amide bonds. The molecule has 24 heavy (non-hydrogen) atoms. The Hall–Kier alpha value is -2.38. The van der Waals surface area contributed by atoms with Gasteiger partial charge in [0, 0.05) is 25.7 Å². The second-order valence-corrected chi connectivity index (χ2v) is 5.66. The third kappa shape index (κ3) is 5.07. The van der Waals surface area contributed by atoms with Crippen molar-refractivity contribution in [3.8, 4) is 0 Å². The van der Waals surface area contributed by atoms with Crippen LogP contribution in [-0.2, 0) is 4.74 Å². The van der Waals surface area contributed by atoms with Crippen molar-refractivity contribution >= 4 is 17.8 Å². The van der Waals surface area contributed by atoms with Gasteiger partial charge in [-0.25, -0.2) is 4.79 Å². The smallest absolute Gasteiger partial charge is 0.409 e. The Labute approximate surface area is 142 Å². The zero-order valence-corrected chi connectivity index (χ0v) is 14.2. The number of amides is 2. The van der Waals surface area contributed by atoms with Crippen LogP contribution in [-0.4, -0.2) is 59.4 Å². The first-order chi connectivity index (χ1) is 11.6. The molecule has 2 heterocycles. The van der Waals surface area contributed by atoms with E-state index in [0.717, 1.165) is 19.3 Å². The van der Waals surface area contributed by atoms with Gasteiger partial charge in [0.05, 0.1) is 6.61 Å². The molecule has 1 aromatic rings. The van der Waals surface area contributed by atoms with E-state index in [4.69, 9.17) is 4.74 Å². The van der Waals surface area contributed by atoms with Gasteiger partial charge in [-0.05, 0) is 38.3 Å². The van der Waals surface area contributed by atoms with E-state index in [9.17, 15) is 9.59 Å². The van der Waals surface area contributed by atoms with Gasteiger partial charge in [0.1, 0.15) is 5.82 Å². The molecule has 2 N–H and O–H groups in total. The van der Waals surface area contributed by atoms with Gasteiger partial charge in [-0.15, -0.1) is 10.2 Å². The van der Waals surface area contributed by atoms with Crippen molar-refractivity contribution in [2.24, 2.45) is 0 Å². The normalized spacial score (nSPS) is 15.0. The largest absolute Gasteiger partial charge is 0.450 e. The molecule has 0 aliphatic carbocycles. The first kappa shape index (κ1) is 18.0. The Balaban J connectivity index is 1.80. The van der Waals surface area contributed by atoms with Gasteiger partial charge >= 0.3 is 6.09 Å². The number of anilines is 1. The van der Waals surface area contributed by atoms with Crippen molar-refractivity contribution in [1.82, 2.24) is 20.4 Å². The third-order valence-corrected chi connectivity index (χ3v) is 3.81. The zero-order chi connectivity index (χ0) is 17.4. The fourth-order valence-corrected chi connectivity index (χ4v) is 2.49. The lowest BCUT2D eigenvalue weighted by Gasteiger charge is -2.31. The van der Waals surface area contributed by atoms with Crippen LogP contribution in [0.25, 0.3) is 0 Å². The summed E-state index contributed by atoms with van der Waals surface area (Å²) >= 11 is 0. The summed E-state index contributed by atoms with van der Waals surface area (Å²) in [5, 5.41) is 14.1. The Morgan fingerprint density at radius 1 is 1.25 bits per heavy atom. The lowest BCUT2D eigenvalue weighted by atomic mass is 10.1. The molecular weight excluding hydrogens is 310 g/mol. The molecule has 0 unspecified atom stereocenters. The quantitative estimate of drug-likeness (QED) is 0.820. The van der Waals surface area contributed by atoms with Crippen LogP contribution in [0.2, 0.25) is 0 Å². The lowest BCUT2D eigenvalue weighted by Crippen LogP contribution is -2.42. The van der Waals surface area contributed by atoms with Crippen LogP contribution in [0, 0.1) is 0 Å². The second kappa shape index (κ2) is 9.05. The molecule has 1 saturated heterocycles. The molecule has 0 atom stereocenters. The maximum atomic E-state index is 11.8. The van der Waals surface area contributed by atoms with Crippen molar-refractivity contribution < 1.29 is 14.3 Å². The molecule has 0 bridgehead atoms. The van der Waals surface area contributed by atoms with Crippen molar-refractivity contribution in [1.29, 1.82) is 0 Å². The number of nitrogens with zero attached hydrogens (tertiary/aromatic N) is 3. The van der Waals surface area contributed by atoms with Gasteiger partial charge in [-0.2, -0.15) is 0 Å². The van der Waals surface area contributed by atoms with E-state index in [2.05, 4.69) is 20.8 Å². The summed E-state index contributed by atoms with van der Waals surface area (Å²) in [7, 11) is 0. The van der Waals surface area contributed by atoms with E-state index in [1.807, 2.05) is 6.92 Å². The van der Waals surface area contributed by atoms with Gasteiger partial charge < -0.3 is 20.3 Å². The minimum atomic E-state index is -0.252. The van der Waals surface area contributed by atoms with Gasteiger partial charge in [0.25, 0.3) is 5.91 Å². The molecule has 8 heteroatoms. The standard InChI is InChI=1S/C16H25N5O3/c1-3-9-17-15(22)13-5-6-14(20-19-13)18-12-7-10-21(11-8-12)16(23)24-4-2/h5-6,12H,3-4,7-11H2,1-2H3,(H,17,22)(H,18,20). The fourth-order valence-electron chi connectivity index (χ4n) is 2.49. The predicted octanol–water partition coefficient (Wildman–Crippen LogP) is 1.65. The molecule has 0 radical (unpaired) electrons. The number of piperidine rings is 1. The summed E-state index contributed by atoms with van der Waals surface area (Å²) in [5.41, 5.74) is 0.311. The number of rotatable bonds is 6. The lowest BCUT2D eigenvalue weighted by molar-refractivity contribution is 0.0946. The highest BCUT2D eigenvalue weighted by Crippen LogP contribution is 2.15. The summed E-state index contributed by atoms with van der Waals surface area (Å²) in [6, 6.07) is 3.64. The highest BCUT2D eigenvalue weighted by molar-refractivity contribution is 5.92. The Morgan fingerprint density at radius 2 is 2.00 bits per heavy atom. The summed E-state index contributed by atoms with van der Waals surface area (Å²) in [6.07, 6.45) is 2.26. The number of nitrogens with one attached hydrogen (secondary N) is 2. The van der Waals surface area contributed by atoms with Gasteiger partial charge in [0.2, 0.25) is 0 Å². The highest BCUT2D eigenvalue weighted by Gasteiger charge is 2.23. The number of hydrogen-bond donors (Lipinski definition) is 2. The van der Waals surface area contributed by atoms with Gasteiger partial charge in [-0.1, -0.05) is 6.92 Å². The Bertz CT molecular complexity index is 541. The first-order valence-corrected chi connectivity index (χ1v) is 8.44. The average Bonchev–Trinajstić information content (AvgIpc) is 2.61. The van der Waals surface area contributed by atoms with Crippen molar-refractivity contribution in [3.05, 3.63) is 17.8 Å². The molecule has 0 spiro atoms. The molecule has 1 aromatic heterocycles. The Kier molecular flexibility index (Phi) is 6.77. The number of likely N-dealkylation sites (tertiary alicyclic amines) is 1. The van der Waals surface area contributed by atoms with Crippen LogP contribution in [0.3, 0.4) is 0 Å². The first-order valence-electron chi connectivity index (χ1n) is 8.44. The van der Waals surface area contributed by atoms with Crippen molar-refractivity contribution in [2.75, 3.05) is 31.6 Å². The van der Waals surface area contributed by atoms with E-state index in [1.165, 1.54) is 0 Å². The molecular formula is C16H25N5O3. The Morgan fingerprint density at radius 3 is 2.58 bits per heavy atom. The number of carbonyl (C=O) groups excluding carboxylic acids is 2. The van der Waals surface area contributed by atoms with Crippen molar-refractivity contribution in [3.63, 3.8) is 0 Å². The zero-order valence-electron chi connectivity index (χ0n) is 14.2. The molecule has 2 rings (SSSR count). The van der Waals surface area contributed by atoms with Crippen molar-refractivity contribution in [2.45, 2.75) is 39.2 Å². The molecule has 1 aliphatic rings. The van der Waals surface area contributed by atoms with Crippen LogP contribution in [0.4, 0.5) is 10.6 Å².